The molecule has 1 aliphatic rings. The van der Waals surface area contributed by atoms with Crippen LogP contribution in [-0.4, -0.2) is 68.8 Å². The van der Waals surface area contributed by atoms with E-state index in [-0.39, 0.29) is 38.8 Å². The number of allylic oxidation sites excluding steroid dienone is 4. The van der Waals surface area contributed by atoms with Crippen LogP contribution in [0.4, 0.5) is 11.4 Å². The largest absolute Gasteiger partial charge is 0.478 e. The number of rotatable bonds is 12. The van der Waals surface area contributed by atoms with E-state index in [1.54, 1.807) is 0 Å². The molecule has 6 rings (SSSR count). The minimum Gasteiger partial charge on any atom is -0.478 e. The Balaban J connectivity index is 1.76. The molecule has 0 radical (unpaired) electrons. The van der Waals surface area contributed by atoms with Crippen molar-refractivity contribution in [1.82, 2.24) is 4.57 Å². The Hall–Kier alpha value is -6.07. The Morgan fingerprint density at radius 1 is 0.754 bits per heavy atom. The fraction of sp³-hybridized carbons (Fsp3) is 0.0278. The SMILES string of the molecule is C=C/C=C(\C=C/Cn1c(=O)c(S(=O)(=O)c2cccc(S(=O)(=O)O)c2)c2c3c(c(Nc4ccc(C(=O)O)cc4S(=O)(=O)O)ccc31)C(=O)c1ccccc1-2)S(=O)(=O)O. The van der Waals surface area contributed by atoms with Crippen LogP contribution in [0, 0.1) is 0 Å². The number of fused-ring (bicyclic) bond motifs is 2. The highest BCUT2D eigenvalue weighted by molar-refractivity contribution is 7.91. The molecule has 21 heteroatoms. The number of aromatic nitrogens is 1. The summed E-state index contributed by atoms with van der Waals surface area (Å²) in [5.74, 6) is -2.31. The van der Waals surface area contributed by atoms with Crippen molar-refractivity contribution in [3.8, 4) is 11.1 Å². The number of hydrogen-bond donors (Lipinski definition) is 5. The highest BCUT2D eigenvalue weighted by Crippen LogP contribution is 2.46. The normalized spacial score (nSPS) is 13.5. The molecule has 0 saturated carbocycles. The summed E-state index contributed by atoms with van der Waals surface area (Å²) in [4.78, 5) is 36.6. The summed E-state index contributed by atoms with van der Waals surface area (Å²) in [6.45, 7) is 2.77. The smallest absolute Gasteiger partial charge is 0.335 e. The van der Waals surface area contributed by atoms with Gasteiger partial charge in [0.15, 0.2) is 5.78 Å². The van der Waals surface area contributed by atoms with Gasteiger partial charge in [-0.15, -0.1) is 0 Å². The molecule has 0 saturated heterocycles. The summed E-state index contributed by atoms with van der Waals surface area (Å²) in [5.41, 5.74) is -3.39. The number of carboxylic acids is 1. The number of pyridine rings is 1. The Bertz CT molecular complexity index is 3200. The van der Waals surface area contributed by atoms with Crippen molar-refractivity contribution in [3.63, 3.8) is 0 Å². The molecule has 1 aliphatic carbocycles. The van der Waals surface area contributed by atoms with Crippen LogP contribution in [0.15, 0.2) is 139 Å². The van der Waals surface area contributed by atoms with Crippen LogP contribution in [-0.2, 0) is 46.7 Å². The Labute approximate surface area is 323 Å². The Morgan fingerprint density at radius 3 is 2.02 bits per heavy atom. The Kier molecular flexibility index (Phi) is 10.3. The van der Waals surface area contributed by atoms with Gasteiger partial charge in [-0.3, -0.25) is 23.2 Å². The molecule has 294 valence electrons. The lowest BCUT2D eigenvalue weighted by Gasteiger charge is -2.26. The summed E-state index contributed by atoms with van der Waals surface area (Å²) in [5, 5.41) is 11.9. The second-order valence-electron chi connectivity index (χ2n) is 12.1. The maximum atomic E-state index is 14.7. The van der Waals surface area contributed by atoms with Crippen LogP contribution in [0.25, 0.3) is 22.0 Å². The minimum atomic E-state index is -5.13. The number of carbonyl (C=O) groups excluding carboxylic acids is 1. The van der Waals surface area contributed by atoms with Crippen LogP contribution in [0.2, 0.25) is 0 Å². The molecule has 0 bridgehead atoms. The fourth-order valence-electron chi connectivity index (χ4n) is 6.24. The van der Waals surface area contributed by atoms with E-state index in [2.05, 4.69) is 11.9 Å². The lowest BCUT2D eigenvalue weighted by atomic mass is 9.83. The van der Waals surface area contributed by atoms with Gasteiger partial charge in [0.2, 0.25) is 9.84 Å². The van der Waals surface area contributed by atoms with Gasteiger partial charge in [-0.05, 0) is 66.2 Å². The van der Waals surface area contributed by atoms with Crippen molar-refractivity contribution >= 4 is 74.2 Å². The van der Waals surface area contributed by atoms with Gasteiger partial charge in [0.05, 0.1) is 42.7 Å². The first-order valence-electron chi connectivity index (χ1n) is 15.9. The first-order chi connectivity index (χ1) is 26.6. The van der Waals surface area contributed by atoms with Gasteiger partial charge in [0.25, 0.3) is 35.9 Å². The molecule has 0 aliphatic heterocycles. The van der Waals surface area contributed by atoms with Crippen molar-refractivity contribution in [2.75, 3.05) is 5.32 Å². The van der Waals surface area contributed by atoms with Crippen molar-refractivity contribution in [2.24, 2.45) is 0 Å². The summed E-state index contributed by atoms with van der Waals surface area (Å²) >= 11 is 0. The van der Waals surface area contributed by atoms with E-state index in [1.165, 1.54) is 36.4 Å². The molecule has 5 N–H and O–H groups in total. The average Bonchev–Trinajstić information content (AvgIpc) is 3.13. The quantitative estimate of drug-likeness (QED) is 0.0837. The summed E-state index contributed by atoms with van der Waals surface area (Å²) in [7, 11) is -20.0. The molecule has 1 aromatic heterocycles. The van der Waals surface area contributed by atoms with Crippen molar-refractivity contribution in [1.29, 1.82) is 0 Å². The van der Waals surface area contributed by atoms with Crippen LogP contribution >= 0.6 is 0 Å². The molecule has 57 heavy (non-hydrogen) atoms. The summed E-state index contributed by atoms with van der Waals surface area (Å²) in [6.07, 6.45) is 3.96. The summed E-state index contributed by atoms with van der Waals surface area (Å²) in [6, 6.07) is 14.2. The third-order valence-corrected chi connectivity index (χ3v) is 13.1. The van der Waals surface area contributed by atoms with E-state index in [0.29, 0.717) is 12.1 Å². The number of sulfone groups is 1. The molecule has 0 amide bonds. The molecule has 0 fully saturated rings. The summed E-state index contributed by atoms with van der Waals surface area (Å²) < 4.78 is 132. The first-order valence-corrected chi connectivity index (χ1v) is 21.7. The number of carbonyl (C=O) groups is 2. The highest BCUT2D eigenvalue weighted by Gasteiger charge is 2.37. The van der Waals surface area contributed by atoms with Crippen molar-refractivity contribution in [3.05, 3.63) is 142 Å². The van der Waals surface area contributed by atoms with Crippen molar-refractivity contribution in [2.45, 2.75) is 26.1 Å². The lowest BCUT2D eigenvalue weighted by molar-refractivity contribution is 0.0696. The number of benzene rings is 4. The van der Waals surface area contributed by atoms with Crippen molar-refractivity contribution < 1.29 is 62.0 Å². The third kappa shape index (κ3) is 7.47. The Morgan fingerprint density at radius 2 is 1.40 bits per heavy atom. The van der Waals surface area contributed by atoms with E-state index in [0.717, 1.165) is 59.2 Å². The van der Waals surface area contributed by atoms with Gasteiger partial charge in [-0.1, -0.05) is 49.1 Å². The minimum absolute atomic E-state index is 0.0616. The topological polar surface area (TPSA) is 286 Å². The van der Waals surface area contributed by atoms with E-state index >= 15 is 0 Å². The number of carboxylic acid groups (broad SMARTS) is 1. The lowest BCUT2D eigenvalue weighted by Crippen LogP contribution is -2.30. The van der Waals surface area contributed by atoms with Gasteiger partial charge in [0, 0.05) is 23.1 Å². The third-order valence-electron chi connectivity index (χ3n) is 8.67. The fourth-order valence-corrected chi connectivity index (χ4v) is 9.64. The van der Waals surface area contributed by atoms with Crippen LogP contribution in [0.3, 0.4) is 0 Å². The molecule has 4 aromatic carbocycles. The maximum Gasteiger partial charge on any atom is 0.335 e. The molecule has 0 unspecified atom stereocenters. The van der Waals surface area contributed by atoms with Gasteiger partial charge < -0.3 is 15.0 Å². The van der Waals surface area contributed by atoms with Gasteiger partial charge in [-0.2, -0.15) is 25.3 Å². The monoisotopic (exact) mass is 854 g/mol. The zero-order valence-corrected chi connectivity index (χ0v) is 31.9. The second kappa shape index (κ2) is 14.5. The molecular formula is C36H26N2O15S4. The van der Waals surface area contributed by atoms with Crippen LogP contribution < -0.4 is 10.9 Å². The van der Waals surface area contributed by atoms with Gasteiger partial charge >= 0.3 is 5.97 Å². The maximum absolute atomic E-state index is 14.7. The number of nitrogens with one attached hydrogen (secondary N) is 1. The van der Waals surface area contributed by atoms with Crippen LogP contribution in [0.1, 0.15) is 26.3 Å². The average molecular weight is 855 g/mol. The number of hydrogen-bond acceptors (Lipinski definition) is 12. The van der Waals surface area contributed by atoms with E-state index in [1.807, 2.05) is 0 Å². The molecule has 0 atom stereocenters. The molecule has 0 spiro atoms. The zero-order chi connectivity index (χ0) is 41.8. The molecule has 5 aromatic rings. The molecule has 17 nitrogen and oxygen atoms in total. The van der Waals surface area contributed by atoms with E-state index in [9.17, 15) is 66.8 Å². The van der Waals surface area contributed by atoms with E-state index in [4.69, 9.17) is 0 Å². The number of nitrogens with zero attached hydrogens (tertiary/aromatic N) is 1. The van der Waals surface area contributed by atoms with Gasteiger partial charge in [-0.25, -0.2) is 13.2 Å². The standard InChI is InChI=1S/C36H26N2O15S4/c1-2-7-21(55(45,46)47)10-6-17-38-28-16-15-27(37-26-14-13-20(36(41)42)18-29(26)57(51,52)53)31-32(28)30(24-11-3-4-12-25(24)33(31)39)34(35(38)40)54(43,44)22-8-5-9-23(19-22)56(48,49)50/h2-16,18-19,37H,1,17H2,(H,41,42)(H,45,46,47)(H,48,49,50)(H,51,52,53)/b10-6-,21-7+. The number of anilines is 2. The molecular weight excluding hydrogens is 829 g/mol. The number of aromatic carboxylic acids is 1. The predicted molar refractivity (Wildman–Crippen MR) is 204 cm³/mol. The molecule has 1 heterocycles. The second-order valence-corrected chi connectivity index (χ2v) is 18.2. The zero-order valence-electron chi connectivity index (χ0n) is 28.6. The first kappa shape index (κ1) is 40.6. The highest BCUT2D eigenvalue weighted by atomic mass is 32.2. The van der Waals surface area contributed by atoms with E-state index < -0.39 is 99.8 Å². The number of ketones is 1. The van der Waals surface area contributed by atoms with Crippen LogP contribution in [0.5, 0.6) is 0 Å². The predicted octanol–water partition coefficient (Wildman–Crippen LogP) is 4.49. The van der Waals surface area contributed by atoms with Gasteiger partial charge in [0.1, 0.15) is 9.79 Å².